The Bertz CT molecular complexity index is 293. The number of allylic oxidation sites excluding steroid dienone is 4. The van der Waals surface area contributed by atoms with Crippen molar-refractivity contribution in [1.29, 1.82) is 0 Å². The van der Waals surface area contributed by atoms with Gasteiger partial charge in [-0.15, -0.1) is 0 Å². The Morgan fingerprint density at radius 3 is 2.77 bits per heavy atom. The van der Waals surface area contributed by atoms with Gasteiger partial charge in [0.05, 0.1) is 5.70 Å². The monoisotopic (exact) mass is 176 g/mol. The van der Waals surface area contributed by atoms with Gasteiger partial charge in [0.25, 0.3) is 0 Å². The highest BCUT2D eigenvalue weighted by Gasteiger charge is 1.97. The fourth-order valence-corrected chi connectivity index (χ4v) is 1.08. The molecule has 0 radical (unpaired) electrons. The van der Waals surface area contributed by atoms with E-state index in [2.05, 4.69) is 23.2 Å². The molecular weight excluding hydrogens is 160 g/mol. The molecule has 0 atom stereocenters. The molecule has 0 fully saturated rings. The van der Waals surface area contributed by atoms with E-state index in [4.69, 9.17) is 5.73 Å². The molecular formula is C11H16N2. The van der Waals surface area contributed by atoms with Crippen molar-refractivity contribution < 1.29 is 0 Å². The summed E-state index contributed by atoms with van der Waals surface area (Å²) in [6, 6.07) is 0. The van der Waals surface area contributed by atoms with E-state index in [1.54, 1.807) is 6.20 Å². The molecule has 0 spiro atoms. The van der Waals surface area contributed by atoms with Crippen LogP contribution in [-0.2, 0) is 0 Å². The summed E-state index contributed by atoms with van der Waals surface area (Å²) in [5.41, 5.74) is 8.46. The molecule has 0 bridgehead atoms. The van der Waals surface area contributed by atoms with Crippen molar-refractivity contribution in [2.24, 2.45) is 10.7 Å². The normalized spacial score (nSPS) is 18.8. The summed E-state index contributed by atoms with van der Waals surface area (Å²) in [4.78, 5) is 4.45. The van der Waals surface area contributed by atoms with Gasteiger partial charge in [0.1, 0.15) is 0 Å². The smallest absolute Gasteiger partial charge is 0.0590 e. The molecule has 0 aromatic carbocycles. The average Bonchev–Trinajstić information content (AvgIpc) is 2.18. The first-order valence-electron chi connectivity index (χ1n) is 4.55. The van der Waals surface area contributed by atoms with E-state index in [1.165, 1.54) is 0 Å². The van der Waals surface area contributed by atoms with Crippen LogP contribution < -0.4 is 5.73 Å². The molecule has 13 heavy (non-hydrogen) atoms. The molecule has 70 valence electrons. The number of nitrogens with two attached hydrogens (primary N) is 1. The van der Waals surface area contributed by atoms with Gasteiger partial charge in [0.15, 0.2) is 0 Å². The average molecular weight is 176 g/mol. The lowest BCUT2D eigenvalue weighted by Crippen LogP contribution is -1.97. The predicted molar refractivity (Wildman–Crippen MR) is 57.5 cm³/mol. The van der Waals surface area contributed by atoms with Gasteiger partial charge >= 0.3 is 0 Å². The number of nitrogens with zero attached hydrogens (tertiary/aromatic N) is 1. The fraction of sp³-hybridized carbons (Fsp3) is 0.364. The lowest BCUT2D eigenvalue weighted by molar-refractivity contribution is 1.01. The van der Waals surface area contributed by atoms with E-state index in [0.717, 1.165) is 29.8 Å². The van der Waals surface area contributed by atoms with E-state index < -0.39 is 0 Å². The first kappa shape index (κ1) is 9.78. The highest BCUT2D eigenvalue weighted by molar-refractivity contribution is 5.98. The van der Waals surface area contributed by atoms with Crippen molar-refractivity contribution >= 4 is 5.71 Å². The first-order chi connectivity index (χ1) is 6.24. The van der Waals surface area contributed by atoms with Crippen LogP contribution in [0.1, 0.15) is 26.7 Å². The zero-order valence-electron chi connectivity index (χ0n) is 8.25. The van der Waals surface area contributed by atoms with Gasteiger partial charge < -0.3 is 5.73 Å². The number of aliphatic imine (C=N–C) groups is 1. The molecule has 2 N–H and O–H groups in total. The van der Waals surface area contributed by atoms with E-state index >= 15 is 0 Å². The molecule has 0 heterocycles. The summed E-state index contributed by atoms with van der Waals surface area (Å²) in [6.45, 7) is 3.94. The van der Waals surface area contributed by atoms with E-state index in [-0.39, 0.29) is 0 Å². The summed E-state index contributed by atoms with van der Waals surface area (Å²) in [5.74, 6) is 0. The SMILES string of the molecule is CC(=CN)C(C)=NC1=CCCC=C1. The maximum atomic E-state index is 5.40. The molecule has 0 aliphatic heterocycles. The van der Waals surface area contributed by atoms with Crippen LogP contribution in [0.4, 0.5) is 0 Å². The molecule has 2 heteroatoms. The Morgan fingerprint density at radius 1 is 1.46 bits per heavy atom. The third-order valence-corrected chi connectivity index (χ3v) is 2.09. The molecule has 0 saturated carbocycles. The van der Waals surface area contributed by atoms with Gasteiger partial charge in [-0.05, 0) is 44.5 Å². The molecule has 2 nitrogen and oxygen atoms in total. The third-order valence-electron chi connectivity index (χ3n) is 2.09. The van der Waals surface area contributed by atoms with Gasteiger partial charge in [0.2, 0.25) is 0 Å². The van der Waals surface area contributed by atoms with Gasteiger partial charge in [-0.2, -0.15) is 0 Å². The second-order valence-corrected chi connectivity index (χ2v) is 3.16. The minimum absolute atomic E-state index is 0.986. The molecule has 0 unspecified atom stereocenters. The summed E-state index contributed by atoms with van der Waals surface area (Å²) >= 11 is 0. The summed E-state index contributed by atoms with van der Waals surface area (Å²) in [5, 5.41) is 0. The Morgan fingerprint density at radius 2 is 2.23 bits per heavy atom. The molecule has 0 aromatic rings. The van der Waals surface area contributed by atoms with Crippen LogP contribution in [0.15, 0.2) is 40.7 Å². The zero-order valence-corrected chi connectivity index (χ0v) is 8.25. The van der Waals surface area contributed by atoms with Crippen LogP contribution >= 0.6 is 0 Å². The van der Waals surface area contributed by atoms with Crippen LogP contribution in [0, 0.1) is 0 Å². The Kier molecular flexibility index (Phi) is 3.50. The Labute approximate surface area is 79.5 Å². The molecule has 1 aliphatic carbocycles. The molecule has 0 aromatic heterocycles. The minimum atomic E-state index is 0.986. The molecule has 1 aliphatic rings. The standard InChI is InChI=1S/C11H16N2/c1-9(8-12)10(2)13-11-6-4-3-5-7-11/h4,6-8H,3,5,12H2,1-2H3. The number of rotatable bonds is 2. The van der Waals surface area contributed by atoms with Crippen molar-refractivity contribution in [3.05, 3.63) is 35.7 Å². The summed E-state index contributed by atoms with van der Waals surface area (Å²) in [6.07, 6.45) is 10.2. The topological polar surface area (TPSA) is 38.4 Å². The zero-order chi connectivity index (χ0) is 9.68. The minimum Gasteiger partial charge on any atom is -0.404 e. The quantitative estimate of drug-likeness (QED) is 0.645. The van der Waals surface area contributed by atoms with Gasteiger partial charge in [0, 0.05) is 5.71 Å². The van der Waals surface area contributed by atoms with Crippen LogP contribution in [-0.4, -0.2) is 5.71 Å². The predicted octanol–water partition coefficient (Wildman–Crippen LogP) is 2.54. The maximum absolute atomic E-state index is 5.40. The second-order valence-electron chi connectivity index (χ2n) is 3.16. The van der Waals surface area contributed by atoms with E-state index in [9.17, 15) is 0 Å². The highest BCUT2D eigenvalue weighted by Crippen LogP contribution is 2.11. The Hall–Kier alpha value is -1.31. The maximum Gasteiger partial charge on any atom is 0.0590 e. The first-order valence-corrected chi connectivity index (χ1v) is 4.55. The van der Waals surface area contributed by atoms with Crippen LogP contribution in [0.3, 0.4) is 0 Å². The lowest BCUT2D eigenvalue weighted by atomic mass is 10.1. The molecule has 0 saturated heterocycles. The summed E-state index contributed by atoms with van der Waals surface area (Å²) in [7, 11) is 0. The van der Waals surface area contributed by atoms with Gasteiger partial charge in [-0.1, -0.05) is 12.2 Å². The van der Waals surface area contributed by atoms with Crippen molar-refractivity contribution in [1.82, 2.24) is 0 Å². The van der Waals surface area contributed by atoms with Gasteiger partial charge in [-0.25, -0.2) is 0 Å². The molecule has 1 rings (SSSR count). The third kappa shape index (κ3) is 2.90. The number of hydrogen-bond donors (Lipinski definition) is 1. The van der Waals surface area contributed by atoms with Crippen molar-refractivity contribution in [2.45, 2.75) is 26.7 Å². The highest BCUT2D eigenvalue weighted by atomic mass is 14.8. The van der Waals surface area contributed by atoms with Crippen LogP contribution in [0.25, 0.3) is 0 Å². The fourth-order valence-electron chi connectivity index (χ4n) is 1.08. The van der Waals surface area contributed by atoms with Crippen molar-refractivity contribution in [3.8, 4) is 0 Å². The van der Waals surface area contributed by atoms with Crippen LogP contribution in [0.2, 0.25) is 0 Å². The lowest BCUT2D eigenvalue weighted by Gasteiger charge is -2.03. The summed E-state index contributed by atoms with van der Waals surface area (Å²) < 4.78 is 0. The van der Waals surface area contributed by atoms with E-state index in [1.807, 2.05) is 13.8 Å². The molecule has 0 amide bonds. The van der Waals surface area contributed by atoms with E-state index in [0.29, 0.717) is 0 Å². The second kappa shape index (κ2) is 4.65. The van der Waals surface area contributed by atoms with Crippen molar-refractivity contribution in [2.75, 3.05) is 0 Å². The number of hydrogen-bond acceptors (Lipinski definition) is 2. The van der Waals surface area contributed by atoms with Crippen molar-refractivity contribution in [3.63, 3.8) is 0 Å². The van der Waals surface area contributed by atoms with Crippen LogP contribution in [0.5, 0.6) is 0 Å². The largest absolute Gasteiger partial charge is 0.404 e. The van der Waals surface area contributed by atoms with Gasteiger partial charge in [-0.3, -0.25) is 4.99 Å². The Balaban J connectivity index is 2.75.